The minimum absolute atomic E-state index is 0.117. The van der Waals surface area contributed by atoms with Crippen molar-refractivity contribution in [1.82, 2.24) is 15.2 Å². The average molecular weight is 406 g/mol. The SMILES string of the molecule is Cc1ccc(CCC(=O)N2CCC3(CC2)CC3C(=O)NCCc2ccccn2)cc1. The molecular formula is C25H31N3O2. The summed E-state index contributed by atoms with van der Waals surface area (Å²) >= 11 is 0. The van der Waals surface area contributed by atoms with Crippen LogP contribution in [0.3, 0.4) is 0 Å². The van der Waals surface area contributed by atoms with Crippen molar-refractivity contribution in [2.75, 3.05) is 19.6 Å². The van der Waals surface area contributed by atoms with E-state index in [1.807, 2.05) is 23.1 Å². The number of hydrogen-bond donors (Lipinski definition) is 1. The van der Waals surface area contributed by atoms with E-state index in [1.165, 1.54) is 11.1 Å². The molecule has 2 heterocycles. The third kappa shape index (κ3) is 4.89. The maximum Gasteiger partial charge on any atom is 0.223 e. The van der Waals surface area contributed by atoms with Crippen LogP contribution in [0.5, 0.6) is 0 Å². The maximum atomic E-state index is 12.6. The first-order valence-corrected chi connectivity index (χ1v) is 11.1. The summed E-state index contributed by atoms with van der Waals surface area (Å²) in [6.07, 6.45) is 6.75. The zero-order valence-electron chi connectivity index (χ0n) is 17.8. The number of piperidine rings is 1. The summed E-state index contributed by atoms with van der Waals surface area (Å²) in [7, 11) is 0. The zero-order valence-corrected chi connectivity index (χ0v) is 17.8. The van der Waals surface area contributed by atoms with E-state index < -0.39 is 0 Å². The number of aromatic nitrogens is 1. The van der Waals surface area contributed by atoms with E-state index in [0.29, 0.717) is 13.0 Å². The van der Waals surface area contributed by atoms with Crippen LogP contribution < -0.4 is 5.32 Å². The maximum absolute atomic E-state index is 12.6. The molecule has 1 saturated heterocycles. The van der Waals surface area contributed by atoms with Gasteiger partial charge in [-0.3, -0.25) is 14.6 Å². The van der Waals surface area contributed by atoms with Gasteiger partial charge in [0, 0.05) is 50.3 Å². The lowest BCUT2D eigenvalue weighted by atomic mass is 9.90. The lowest BCUT2D eigenvalue weighted by molar-refractivity contribution is -0.132. The molecule has 2 fully saturated rings. The van der Waals surface area contributed by atoms with Crippen molar-refractivity contribution in [1.29, 1.82) is 0 Å². The quantitative estimate of drug-likeness (QED) is 0.769. The minimum atomic E-state index is 0.117. The van der Waals surface area contributed by atoms with Crippen LogP contribution >= 0.6 is 0 Å². The Bertz CT molecular complexity index is 871. The number of aryl methyl sites for hydroxylation is 2. The molecule has 1 spiro atoms. The Morgan fingerprint density at radius 2 is 1.87 bits per heavy atom. The van der Waals surface area contributed by atoms with Crippen molar-refractivity contribution in [3.8, 4) is 0 Å². The number of carbonyl (C=O) groups excluding carboxylic acids is 2. The fourth-order valence-corrected chi connectivity index (χ4v) is 4.62. The van der Waals surface area contributed by atoms with E-state index in [4.69, 9.17) is 0 Å². The van der Waals surface area contributed by atoms with Gasteiger partial charge in [0.2, 0.25) is 11.8 Å². The van der Waals surface area contributed by atoms with E-state index >= 15 is 0 Å². The summed E-state index contributed by atoms with van der Waals surface area (Å²) < 4.78 is 0. The van der Waals surface area contributed by atoms with Crippen LogP contribution in [0.1, 0.15) is 42.5 Å². The summed E-state index contributed by atoms with van der Waals surface area (Å²) in [6.45, 7) is 4.27. The highest BCUT2D eigenvalue weighted by Crippen LogP contribution is 2.59. The molecule has 0 bridgehead atoms. The second-order valence-corrected chi connectivity index (χ2v) is 8.85. The van der Waals surface area contributed by atoms with Crippen molar-refractivity contribution in [2.45, 2.75) is 45.4 Å². The standard InChI is InChI=1S/C25H31N3O2/c1-19-5-7-20(8-6-19)9-10-23(29)28-16-12-25(13-17-28)18-22(25)24(30)27-15-11-21-4-2-3-14-26-21/h2-8,14,22H,9-13,15-18H2,1H3,(H,27,30). The number of hydrogen-bond acceptors (Lipinski definition) is 3. The topological polar surface area (TPSA) is 62.3 Å². The first-order valence-electron chi connectivity index (χ1n) is 11.1. The summed E-state index contributed by atoms with van der Waals surface area (Å²) in [5, 5.41) is 3.08. The Hall–Kier alpha value is -2.69. The largest absolute Gasteiger partial charge is 0.355 e. The number of pyridine rings is 1. The van der Waals surface area contributed by atoms with Crippen LogP contribution in [0.4, 0.5) is 0 Å². The molecule has 1 atom stereocenters. The summed E-state index contributed by atoms with van der Waals surface area (Å²) in [5.41, 5.74) is 3.59. The number of likely N-dealkylation sites (tertiary alicyclic amines) is 1. The van der Waals surface area contributed by atoms with Crippen molar-refractivity contribution >= 4 is 11.8 Å². The average Bonchev–Trinajstić information content (AvgIpc) is 3.47. The van der Waals surface area contributed by atoms with Gasteiger partial charge in [-0.15, -0.1) is 0 Å². The molecule has 1 aliphatic carbocycles. The van der Waals surface area contributed by atoms with Crippen LogP contribution in [0, 0.1) is 18.3 Å². The van der Waals surface area contributed by atoms with Crippen molar-refractivity contribution in [3.05, 3.63) is 65.5 Å². The van der Waals surface area contributed by atoms with Gasteiger partial charge in [-0.05, 0) is 55.7 Å². The number of carbonyl (C=O) groups is 2. The molecule has 2 amide bonds. The fourth-order valence-electron chi connectivity index (χ4n) is 4.62. The Morgan fingerprint density at radius 3 is 2.57 bits per heavy atom. The number of nitrogens with one attached hydrogen (secondary N) is 1. The molecule has 158 valence electrons. The Kier molecular flexibility index (Phi) is 6.16. The molecule has 1 aliphatic heterocycles. The highest BCUT2D eigenvalue weighted by molar-refractivity contribution is 5.83. The third-order valence-electron chi connectivity index (χ3n) is 6.77. The molecule has 1 saturated carbocycles. The van der Waals surface area contributed by atoms with Crippen LogP contribution in [0.2, 0.25) is 0 Å². The number of benzene rings is 1. The van der Waals surface area contributed by atoms with Gasteiger partial charge in [-0.1, -0.05) is 35.9 Å². The fraction of sp³-hybridized carbons (Fsp3) is 0.480. The van der Waals surface area contributed by atoms with Crippen LogP contribution in [-0.2, 0) is 22.4 Å². The normalized spacial score (nSPS) is 19.5. The molecule has 1 unspecified atom stereocenters. The van der Waals surface area contributed by atoms with Crippen molar-refractivity contribution in [3.63, 3.8) is 0 Å². The second kappa shape index (κ2) is 8.99. The molecule has 1 aromatic carbocycles. The van der Waals surface area contributed by atoms with E-state index in [-0.39, 0.29) is 23.1 Å². The number of rotatable bonds is 7. The summed E-state index contributed by atoms with van der Waals surface area (Å²) in [4.78, 5) is 31.4. The Labute approximate surface area is 178 Å². The third-order valence-corrected chi connectivity index (χ3v) is 6.77. The molecule has 30 heavy (non-hydrogen) atoms. The van der Waals surface area contributed by atoms with Gasteiger partial charge in [0.15, 0.2) is 0 Å². The number of amides is 2. The molecular weight excluding hydrogens is 374 g/mol. The van der Waals surface area contributed by atoms with Gasteiger partial charge in [-0.2, -0.15) is 0 Å². The smallest absolute Gasteiger partial charge is 0.223 e. The molecule has 5 nitrogen and oxygen atoms in total. The lowest BCUT2D eigenvalue weighted by Gasteiger charge is -2.33. The van der Waals surface area contributed by atoms with Crippen molar-refractivity contribution < 1.29 is 9.59 Å². The van der Waals surface area contributed by atoms with Crippen LogP contribution in [0.25, 0.3) is 0 Å². The van der Waals surface area contributed by atoms with Gasteiger partial charge in [0.25, 0.3) is 0 Å². The van der Waals surface area contributed by atoms with E-state index in [0.717, 1.165) is 50.9 Å². The van der Waals surface area contributed by atoms with Crippen molar-refractivity contribution in [2.24, 2.45) is 11.3 Å². The van der Waals surface area contributed by atoms with Crippen LogP contribution in [-0.4, -0.2) is 41.3 Å². The van der Waals surface area contributed by atoms with Gasteiger partial charge in [-0.25, -0.2) is 0 Å². The predicted octanol–water partition coefficient (Wildman–Crippen LogP) is 3.31. The minimum Gasteiger partial charge on any atom is -0.355 e. The first-order chi connectivity index (χ1) is 14.6. The van der Waals surface area contributed by atoms with E-state index in [1.54, 1.807) is 6.20 Å². The summed E-state index contributed by atoms with van der Waals surface area (Å²) in [5.74, 6) is 0.526. The molecule has 4 rings (SSSR count). The molecule has 1 N–H and O–H groups in total. The Balaban J connectivity index is 1.17. The summed E-state index contributed by atoms with van der Waals surface area (Å²) in [6, 6.07) is 14.3. The molecule has 5 heteroatoms. The monoisotopic (exact) mass is 405 g/mol. The van der Waals surface area contributed by atoms with E-state index in [9.17, 15) is 9.59 Å². The first kappa shape index (κ1) is 20.6. The highest BCUT2D eigenvalue weighted by atomic mass is 16.2. The lowest BCUT2D eigenvalue weighted by Crippen LogP contribution is -2.40. The van der Waals surface area contributed by atoms with Gasteiger partial charge < -0.3 is 10.2 Å². The molecule has 2 aromatic rings. The van der Waals surface area contributed by atoms with Gasteiger partial charge >= 0.3 is 0 Å². The van der Waals surface area contributed by atoms with Crippen LogP contribution in [0.15, 0.2) is 48.7 Å². The highest BCUT2D eigenvalue weighted by Gasteiger charge is 2.58. The molecule has 1 aromatic heterocycles. The predicted molar refractivity (Wildman–Crippen MR) is 117 cm³/mol. The Morgan fingerprint density at radius 1 is 1.10 bits per heavy atom. The molecule has 2 aliphatic rings. The van der Waals surface area contributed by atoms with Gasteiger partial charge in [0.1, 0.15) is 0 Å². The van der Waals surface area contributed by atoms with Gasteiger partial charge in [0.05, 0.1) is 0 Å². The molecule has 0 radical (unpaired) electrons. The second-order valence-electron chi connectivity index (χ2n) is 8.85. The zero-order chi connectivity index (χ0) is 21.0. The number of nitrogens with zero attached hydrogens (tertiary/aromatic N) is 2. The van der Waals surface area contributed by atoms with E-state index in [2.05, 4.69) is 41.5 Å².